The predicted molar refractivity (Wildman–Crippen MR) is 82.3 cm³/mol. The molecule has 1 aliphatic heterocycles. The minimum Gasteiger partial charge on any atom is -0.384 e. The summed E-state index contributed by atoms with van der Waals surface area (Å²) in [6.07, 6.45) is 1.62. The lowest BCUT2D eigenvalue weighted by molar-refractivity contribution is -0.136. The lowest BCUT2D eigenvalue weighted by Gasteiger charge is -2.36. The highest BCUT2D eigenvalue weighted by Crippen LogP contribution is 2.32. The number of carbonyl (C=O) groups excluding carboxylic acids is 1. The quantitative estimate of drug-likeness (QED) is 0.878. The second-order valence-corrected chi connectivity index (χ2v) is 7.05. The topological polar surface area (TPSA) is 50.4 Å². The Morgan fingerprint density at radius 2 is 2.25 bits per heavy atom. The summed E-state index contributed by atoms with van der Waals surface area (Å²) >= 11 is 7.45. The van der Waals surface area contributed by atoms with Crippen LogP contribution in [0.3, 0.4) is 0 Å². The van der Waals surface area contributed by atoms with Crippen molar-refractivity contribution < 1.29 is 9.53 Å². The molecular formula is C14H21ClN2O2S. The molecule has 1 aromatic heterocycles. The first-order chi connectivity index (χ1) is 9.57. The number of hydrogen-bond acceptors (Lipinski definition) is 4. The summed E-state index contributed by atoms with van der Waals surface area (Å²) < 4.78 is 6.04. The van der Waals surface area contributed by atoms with Crippen molar-refractivity contribution in [2.45, 2.75) is 25.8 Å². The van der Waals surface area contributed by atoms with Crippen LogP contribution in [-0.2, 0) is 9.53 Å². The highest BCUT2D eigenvalue weighted by Gasteiger charge is 2.40. The van der Waals surface area contributed by atoms with E-state index in [0.717, 1.165) is 35.1 Å². The van der Waals surface area contributed by atoms with Gasteiger partial charge >= 0.3 is 0 Å². The Bertz CT molecular complexity index is 452. The molecule has 0 aromatic carbocycles. The normalized spacial score (nSPS) is 19.6. The average molecular weight is 317 g/mol. The van der Waals surface area contributed by atoms with Crippen LogP contribution in [-0.4, -0.2) is 32.7 Å². The van der Waals surface area contributed by atoms with Crippen molar-refractivity contribution >= 4 is 28.8 Å². The van der Waals surface area contributed by atoms with Crippen molar-refractivity contribution in [2.75, 3.05) is 26.8 Å². The Kier molecular flexibility index (Phi) is 5.43. The van der Waals surface area contributed by atoms with Gasteiger partial charge in [-0.15, -0.1) is 11.3 Å². The molecule has 0 saturated carbocycles. The van der Waals surface area contributed by atoms with Gasteiger partial charge in [0.15, 0.2) is 0 Å². The molecule has 1 fully saturated rings. The van der Waals surface area contributed by atoms with Gasteiger partial charge < -0.3 is 15.4 Å². The summed E-state index contributed by atoms with van der Waals surface area (Å²) in [6.45, 7) is 4.17. The van der Waals surface area contributed by atoms with Gasteiger partial charge in [0.05, 0.1) is 22.4 Å². The average Bonchev–Trinajstić information content (AvgIpc) is 2.87. The molecule has 1 aliphatic rings. The third kappa shape index (κ3) is 3.52. The van der Waals surface area contributed by atoms with Crippen LogP contribution < -0.4 is 10.6 Å². The van der Waals surface area contributed by atoms with E-state index in [0.29, 0.717) is 6.61 Å². The maximum Gasteiger partial charge on any atom is 0.229 e. The molecule has 0 spiro atoms. The summed E-state index contributed by atoms with van der Waals surface area (Å²) in [7, 11) is 1.65. The number of ether oxygens (including phenoxy) is 1. The third-order valence-electron chi connectivity index (χ3n) is 3.83. The monoisotopic (exact) mass is 316 g/mol. The SMILES string of the molecule is COCC1(C(=O)NC(C)c2ccc(Cl)s2)CCNCC1. The van der Waals surface area contributed by atoms with Gasteiger partial charge in [-0.05, 0) is 45.0 Å². The van der Waals surface area contributed by atoms with E-state index in [1.165, 1.54) is 11.3 Å². The predicted octanol–water partition coefficient (Wildman–Crippen LogP) is 2.59. The molecule has 1 aromatic rings. The second-order valence-electron chi connectivity index (χ2n) is 5.30. The molecule has 1 unspecified atom stereocenters. The fourth-order valence-electron chi connectivity index (χ4n) is 2.60. The fourth-order valence-corrected chi connectivity index (χ4v) is 3.66. The molecule has 4 nitrogen and oxygen atoms in total. The number of hydrogen-bond donors (Lipinski definition) is 2. The zero-order chi connectivity index (χ0) is 14.6. The lowest BCUT2D eigenvalue weighted by atomic mass is 9.78. The molecule has 2 N–H and O–H groups in total. The van der Waals surface area contributed by atoms with Gasteiger partial charge in [0.2, 0.25) is 5.91 Å². The van der Waals surface area contributed by atoms with Crippen molar-refractivity contribution in [2.24, 2.45) is 5.41 Å². The number of carbonyl (C=O) groups is 1. The van der Waals surface area contributed by atoms with Crippen LogP contribution in [0, 0.1) is 5.41 Å². The molecular weight excluding hydrogens is 296 g/mol. The number of halogens is 1. The number of thiophene rings is 1. The van der Waals surface area contributed by atoms with Crippen molar-refractivity contribution in [3.63, 3.8) is 0 Å². The largest absolute Gasteiger partial charge is 0.384 e. The van der Waals surface area contributed by atoms with Gasteiger partial charge in [0.1, 0.15) is 0 Å². The minimum absolute atomic E-state index is 0.0244. The Hall–Kier alpha value is -0.620. The third-order valence-corrected chi connectivity index (χ3v) is 5.25. The summed E-state index contributed by atoms with van der Waals surface area (Å²) in [5.41, 5.74) is -0.407. The van der Waals surface area contributed by atoms with Crippen LogP contribution in [0.25, 0.3) is 0 Å². The minimum atomic E-state index is -0.407. The maximum atomic E-state index is 12.7. The first kappa shape index (κ1) is 15.8. The number of nitrogens with one attached hydrogen (secondary N) is 2. The van der Waals surface area contributed by atoms with Gasteiger partial charge in [-0.2, -0.15) is 0 Å². The van der Waals surface area contributed by atoms with Gasteiger partial charge in [0, 0.05) is 12.0 Å². The van der Waals surface area contributed by atoms with Gasteiger partial charge in [-0.3, -0.25) is 4.79 Å². The number of rotatable bonds is 5. The Labute approximate surface area is 128 Å². The molecule has 0 radical (unpaired) electrons. The van der Waals surface area contributed by atoms with Crippen LogP contribution in [0.2, 0.25) is 4.34 Å². The van der Waals surface area contributed by atoms with E-state index in [-0.39, 0.29) is 11.9 Å². The van der Waals surface area contributed by atoms with E-state index in [1.807, 2.05) is 19.1 Å². The molecule has 20 heavy (non-hydrogen) atoms. The van der Waals surface area contributed by atoms with Crippen molar-refractivity contribution in [3.8, 4) is 0 Å². The van der Waals surface area contributed by atoms with Crippen LogP contribution in [0.15, 0.2) is 12.1 Å². The van der Waals surface area contributed by atoms with Crippen molar-refractivity contribution in [1.29, 1.82) is 0 Å². The fraction of sp³-hybridized carbons (Fsp3) is 0.643. The number of amides is 1. The van der Waals surface area contributed by atoms with Crippen LogP contribution in [0.4, 0.5) is 0 Å². The van der Waals surface area contributed by atoms with Gasteiger partial charge in [0.25, 0.3) is 0 Å². The van der Waals surface area contributed by atoms with E-state index in [1.54, 1.807) is 7.11 Å². The first-order valence-electron chi connectivity index (χ1n) is 6.83. The zero-order valence-corrected chi connectivity index (χ0v) is 13.4. The Morgan fingerprint density at radius 1 is 1.55 bits per heavy atom. The van der Waals surface area contributed by atoms with E-state index in [4.69, 9.17) is 16.3 Å². The highest BCUT2D eigenvalue weighted by atomic mass is 35.5. The summed E-state index contributed by atoms with van der Waals surface area (Å²) in [5.74, 6) is 0.0814. The molecule has 6 heteroatoms. The molecule has 0 aliphatic carbocycles. The van der Waals surface area contributed by atoms with Crippen molar-refractivity contribution in [1.82, 2.24) is 10.6 Å². The van der Waals surface area contributed by atoms with Crippen molar-refractivity contribution in [3.05, 3.63) is 21.3 Å². The summed E-state index contributed by atoms with van der Waals surface area (Å²) in [6, 6.07) is 3.80. The maximum absolute atomic E-state index is 12.7. The standard InChI is InChI=1S/C14H21ClN2O2S/c1-10(11-3-4-12(15)20-11)17-13(18)14(9-19-2)5-7-16-8-6-14/h3-4,10,16H,5-9H2,1-2H3,(H,17,18). The van der Waals surface area contributed by atoms with Crippen LogP contribution >= 0.6 is 22.9 Å². The zero-order valence-electron chi connectivity index (χ0n) is 11.9. The summed E-state index contributed by atoms with van der Waals surface area (Å²) in [4.78, 5) is 13.7. The van der Waals surface area contributed by atoms with Gasteiger partial charge in [-0.25, -0.2) is 0 Å². The molecule has 0 bridgehead atoms. The molecule has 2 heterocycles. The van der Waals surface area contributed by atoms with Crippen LogP contribution in [0.5, 0.6) is 0 Å². The second kappa shape index (κ2) is 6.89. The molecule has 1 amide bonds. The van der Waals surface area contributed by atoms with E-state index < -0.39 is 5.41 Å². The number of piperidine rings is 1. The first-order valence-corrected chi connectivity index (χ1v) is 8.03. The smallest absolute Gasteiger partial charge is 0.229 e. The molecule has 112 valence electrons. The van der Waals surface area contributed by atoms with Crippen LogP contribution in [0.1, 0.15) is 30.7 Å². The molecule has 2 rings (SSSR count). The van der Waals surface area contributed by atoms with Gasteiger partial charge in [-0.1, -0.05) is 11.6 Å². The Balaban J connectivity index is 2.04. The van der Waals surface area contributed by atoms with E-state index >= 15 is 0 Å². The summed E-state index contributed by atoms with van der Waals surface area (Å²) in [5, 5.41) is 6.40. The van der Waals surface area contributed by atoms with E-state index in [2.05, 4.69) is 10.6 Å². The highest BCUT2D eigenvalue weighted by molar-refractivity contribution is 7.16. The molecule has 1 saturated heterocycles. The Morgan fingerprint density at radius 3 is 2.80 bits per heavy atom. The lowest BCUT2D eigenvalue weighted by Crippen LogP contribution is -2.50. The van der Waals surface area contributed by atoms with E-state index in [9.17, 15) is 4.79 Å². The number of methoxy groups -OCH3 is 1. The molecule has 1 atom stereocenters.